The van der Waals surface area contributed by atoms with Gasteiger partial charge in [0, 0.05) is 25.7 Å². The summed E-state index contributed by atoms with van der Waals surface area (Å²) in [6.07, 6.45) is 10.3. The summed E-state index contributed by atoms with van der Waals surface area (Å²) in [5.41, 5.74) is 0. The summed E-state index contributed by atoms with van der Waals surface area (Å²) in [6, 6.07) is 0. The van der Waals surface area contributed by atoms with E-state index in [9.17, 15) is 10.2 Å². The second kappa shape index (κ2) is 9.49. The van der Waals surface area contributed by atoms with Crippen LogP contribution in [0.1, 0.15) is 112 Å². The van der Waals surface area contributed by atoms with Crippen LogP contribution in [-0.2, 0) is 4.74 Å². The zero-order valence-corrected chi connectivity index (χ0v) is 18.6. The molecule has 0 aromatic carbocycles. The van der Waals surface area contributed by atoms with Crippen LogP contribution in [0.4, 0.5) is 0 Å². The van der Waals surface area contributed by atoms with Crippen LogP contribution in [0.15, 0.2) is 0 Å². The van der Waals surface area contributed by atoms with Crippen LogP contribution >= 0.6 is 8.58 Å². The van der Waals surface area contributed by atoms with Crippen LogP contribution in [0.3, 0.4) is 0 Å². The van der Waals surface area contributed by atoms with Gasteiger partial charge in [0.2, 0.25) is 0 Å². The van der Waals surface area contributed by atoms with Gasteiger partial charge in [-0.25, -0.2) is 0 Å². The highest BCUT2D eigenvalue weighted by Gasteiger charge is 2.61. The third-order valence-corrected chi connectivity index (χ3v) is 7.82. The van der Waals surface area contributed by atoms with Gasteiger partial charge in [0.25, 0.3) is 0 Å². The van der Waals surface area contributed by atoms with Crippen molar-refractivity contribution in [1.29, 1.82) is 0 Å². The molecule has 150 valence electrons. The van der Waals surface area contributed by atoms with Crippen LogP contribution < -0.4 is 0 Å². The largest absolute Gasteiger partial charge is 0.365 e. The first kappa shape index (κ1) is 23.3. The maximum absolute atomic E-state index is 11.2. The molecule has 0 radical (unpaired) electrons. The molecule has 0 aromatic rings. The van der Waals surface area contributed by atoms with E-state index in [2.05, 4.69) is 27.7 Å². The Labute approximate surface area is 158 Å². The van der Waals surface area contributed by atoms with Crippen molar-refractivity contribution in [2.75, 3.05) is 0 Å². The molecule has 0 spiro atoms. The summed E-state index contributed by atoms with van der Waals surface area (Å²) in [5, 5.41) is 22.8. The summed E-state index contributed by atoms with van der Waals surface area (Å²) in [5.74, 6) is -2.31. The number of ether oxygens (including phenoxy) is 1. The summed E-state index contributed by atoms with van der Waals surface area (Å²) < 4.78 is 6.11. The summed E-state index contributed by atoms with van der Waals surface area (Å²) in [6.45, 7) is 12.6. The van der Waals surface area contributed by atoms with E-state index >= 15 is 0 Å². The molecule has 2 bridgehead atoms. The van der Waals surface area contributed by atoms with E-state index in [4.69, 9.17) is 4.74 Å². The molecule has 3 aliphatic rings. The van der Waals surface area contributed by atoms with Gasteiger partial charge >= 0.3 is 0 Å². The van der Waals surface area contributed by atoms with E-state index in [1.54, 1.807) is 0 Å². The molecule has 0 aromatic heterocycles. The second-order valence-electron chi connectivity index (χ2n) is 8.21. The van der Waals surface area contributed by atoms with Crippen LogP contribution in [-0.4, -0.2) is 32.1 Å². The fourth-order valence-corrected chi connectivity index (χ4v) is 8.54. The summed E-state index contributed by atoms with van der Waals surface area (Å²) in [7, 11) is 0.858. The lowest BCUT2D eigenvalue weighted by Crippen LogP contribution is -2.61. The van der Waals surface area contributed by atoms with E-state index in [-0.39, 0.29) is 10.3 Å². The quantitative estimate of drug-likeness (QED) is 0.515. The minimum absolute atomic E-state index is 0.251. The Morgan fingerprint density at radius 3 is 1.28 bits per heavy atom. The topological polar surface area (TPSA) is 49.7 Å². The number of aliphatic hydroxyl groups is 2. The SMILES string of the molecule is CC.CCCC1(O)CC2(CCC)CC(CCC)(CC(O)(CCC)O1)P2. The zero-order chi connectivity index (χ0) is 19.2. The van der Waals surface area contributed by atoms with Crippen LogP contribution in [0.2, 0.25) is 0 Å². The van der Waals surface area contributed by atoms with Gasteiger partial charge in [-0.1, -0.05) is 67.2 Å². The standard InChI is InChI=1S/C19H37O3P.C2H6/c1-5-9-16-13-17(23-16,10-6-2)15-19(21,12-8-4)22-18(20,14-16)11-7-3;1-2/h20-21,23H,5-15H2,1-4H3;1-2H3. The van der Waals surface area contributed by atoms with Gasteiger partial charge < -0.3 is 14.9 Å². The van der Waals surface area contributed by atoms with Gasteiger partial charge in [0.05, 0.1) is 0 Å². The fourth-order valence-electron chi connectivity index (χ4n) is 5.38. The molecule has 3 saturated heterocycles. The minimum atomic E-state index is -1.15. The maximum atomic E-state index is 11.2. The van der Waals surface area contributed by atoms with Crippen LogP contribution in [0.5, 0.6) is 0 Å². The molecule has 3 aliphatic heterocycles. The van der Waals surface area contributed by atoms with Gasteiger partial charge in [-0.3, -0.25) is 0 Å². The molecular formula is C21H43O3P. The third-order valence-electron chi connectivity index (χ3n) is 5.55. The van der Waals surface area contributed by atoms with E-state index in [1.165, 1.54) is 19.3 Å². The summed E-state index contributed by atoms with van der Waals surface area (Å²) in [4.78, 5) is 0. The van der Waals surface area contributed by atoms with Crippen molar-refractivity contribution in [3.05, 3.63) is 0 Å². The number of fused-ring (bicyclic) bond motifs is 4. The monoisotopic (exact) mass is 374 g/mol. The van der Waals surface area contributed by atoms with E-state index in [1.807, 2.05) is 13.8 Å². The van der Waals surface area contributed by atoms with E-state index < -0.39 is 11.6 Å². The van der Waals surface area contributed by atoms with Gasteiger partial charge in [-0.15, -0.1) is 8.58 Å². The Morgan fingerprint density at radius 2 is 1.00 bits per heavy atom. The highest BCUT2D eigenvalue weighted by Crippen LogP contribution is 2.71. The van der Waals surface area contributed by atoms with Crippen molar-refractivity contribution < 1.29 is 14.9 Å². The molecule has 3 nitrogen and oxygen atoms in total. The smallest absolute Gasteiger partial charge is 0.169 e. The van der Waals surface area contributed by atoms with Gasteiger partial charge in [-0.2, -0.15) is 0 Å². The van der Waals surface area contributed by atoms with E-state index in [0.29, 0.717) is 25.7 Å². The average molecular weight is 375 g/mol. The first-order valence-corrected chi connectivity index (χ1v) is 11.7. The molecule has 4 unspecified atom stereocenters. The van der Waals surface area contributed by atoms with E-state index in [0.717, 1.165) is 34.3 Å². The Morgan fingerprint density at radius 1 is 0.680 bits per heavy atom. The van der Waals surface area contributed by atoms with Crippen LogP contribution in [0, 0.1) is 0 Å². The van der Waals surface area contributed by atoms with Crippen molar-refractivity contribution in [2.45, 2.75) is 134 Å². The molecule has 4 atom stereocenters. The Kier molecular flexibility index (Phi) is 8.86. The lowest BCUT2D eigenvalue weighted by molar-refractivity contribution is -0.352. The Balaban J connectivity index is 0.00000151. The number of hydrogen-bond acceptors (Lipinski definition) is 3. The lowest BCUT2D eigenvalue weighted by atomic mass is 9.75. The normalized spacial score (nSPS) is 41.3. The molecule has 3 heterocycles. The highest BCUT2D eigenvalue weighted by molar-refractivity contribution is 7.44. The van der Waals surface area contributed by atoms with Crippen molar-refractivity contribution in [2.24, 2.45) is 0 Å². The minimum Gasteiger partial charge on any atom is -0.365 e. The molecule has 3 fully saturated rings. The predicted octanol–water partition coefficient (Wildman–Crippen LogP) is 5.96. The Bertz CT molecular complexity index is 353. The molecule has 0 aliphatic carbocycles. The number of hydrogen-bond donors (Lipinski definition) is 2. The first-order chi connectivity index (χ1) is 11.8. The van der Waals surface area contributed by atoms with Gasteiger partial charge in [-0.05, 0) is 29.6 Å². The molecule has 0 saturated carbocycles. The predicted molar refractivity (Wildman–Crippen MR) is 110 cm³/mol. The van der Waals surface area contributed by atoms with Crippen molar-refractivity contribution >= 4 is 8.58 Å². The van der Waals surface area contributed by atoms with Crippen molar-refractivity contribution in [3.8, 4) is 0 Å². The first-order valence-electron chi connectivity index (χ1n) is 10.7. The molecule has 25 heavy (non-hydrogen) atoms. The molecule has 2 N–H and O–H groups in total. The van der Waals surface area contributed by atoms with Gasteiger partial charge in [0.1, 0.15) is 0 Å². The lowest BCUT2D eigenvalue weighted by Gasteiger charge is -2.63. The maximum Gasteiger partial charge on any atom is 0.169 e. The average Bonchev–Trinajstić information content (AvgIpc) is 2.46. The second-order valence-corrected chi connectivity index (χ2v) is 10.6. The number of rotatable bonds is 8. The van der Waals surface area contributed by atoms with Crippen molar-refractivity contribution in [1.82, 2.24) is 0 Å². The summed E-state index contributed by atoms with van der Waals surface area (Å²) >= 11 is 0. The molecule has 4 heteroatoms. The van der Waals surface area contributed by atoms with Gasteiger partial charge in [0.15, 0.2) is 11.6 Å². The zero-order valence-electron chi connectivity index (χ0n) is 17.6. The van der Waals surface area contributed by atoms with Crippen molar-refractivity contribution in [3.63, 3.8) is 0 Å². The molecule has 3 rings (SSSR count). The van der Waals surface area contributed by atoms with Crippen LogP contribution in [0.25, 0.3) is 0 Å². The molecule has 0 amide bonds. The fraction of sp³-hybridized carbons (Fsp3) is 1.00. The molecular weight excluding hydrogens is 331 g/mol. The Hall–Kier alpha value is 0.310. The third kappa shape index (κ3) is 5.64. The highest BCUT2D eigenvalue weighted by atomic mass is 31.1.